The van der Waals surface area contributed by atoms with Gasteiger partial charge in [-0.1, -0.05) is 6.07 Å². The number of ether oxygens (including phenoxy) is 2. The van der Waals surface area contributed by atoms with Crippen LogP contribution in [0.2, 0.25) is 0 Å². The van der Waals surface area contributed by atoms with Gasteiger partial charge in [-0.3, -0.25) is 19.3 Å². The fourth-order valence-electron chi connectivity index (χ4n) is 3.01. The van der Waals surface area contributed by atoms with Gasteiger partial charge in [-0.25, -0.2) is 9.59 Å². The van der Waals surface area contributed by atoms with Crippen molar-refractivity contribution in [2.45, 2.75) is 19.8 Å². The van der Waals surface area contributed by atoms with Gasteiger partial charge in [0.15, 0.2) is 6.61 Å². The second kappa shape index (κ2) is 9.21. The van der Waals surface area contributed by atoms with Gasteiger partial charge in [-0.15, -0.1) is 0 Å². The van der Waals surface area contributed by atoms with E-state index in [0.717, 1.165) is 4.90 Å². The van der Waals surface area contributed by atoms with E-state index in [9.17, 15) is 24.0 Å². The number of nitrogens with zero attached hydrogens (tertiary/aromatic N) is 1. The highest BCUT2D eigenvalue weighted by atomic mass is 16.5. The molecule has 9 heteroatoms. The molecule has 0 unspecified atom stereocenters. The number of hydrogen-bond donors (Lipinski definition) is 1. The van der Waals surface area contributed by atoms with Crippen LogP contribution in [0.25, 0.3) is 0 Å². The van der Waals surface area contributed by atoms with Crippen LogP contribution in [0.15, 0.2) is 42.5 Å². The number of aryl methyl sites for hydroxylation is 1. The molecule has 3 rings (SSSR count). The molecule has 31 heavy (non-hydrogen) atoms. The average molecular weight is 424 g/mol. The average Bonchev–Trinajstić information content (AvgIpc) is 3.11. The summed E-state index contributed by atoms with van der Waals surface area (Å²) in [5.74, 6) is -2.43. The van der Waals surface area contributed by atoms with E-state index in [-0.39, 0.29) is 35.8 Å². The number of amides is 3. The Morgan fingerprint density at radius 3 is 2.16 bits per heavy atom. The Balaban J connectivity index is 1.58. The fourth-order valence-corrected chi connectivity index (χ4v) is 3.01. The predicted molar refractivity (Wildman–Crippen MR) is 110 cm³/mol. The zero-order chi connectivity index (χ0) is 22.5. The molecular weight excluding hydrogens is 404 g/mol. The van der Waals surface area contributed by atoms with Crippen LogP contribution in [0, 0.1) is 6.92 Å². The summed E-state index contributed by atoms with van der Waals surface area (Å²) in [5.41, 5.74) is 1.93. The molecule has 1 aliphatic rings. The largest absolute Gasteiger partial charge is 0.465 e. The highest BCUT2D eigenvalue weighted by Crippen LogP contribution is 2.23. The molecule has 0 radical (unpaired) electrons. The summed E-state index contributed by atoms with van der Waals surface area (Å²) in [6.45, 7) is 1.21. The van der Waals surface area contributed by atoms with E-state index in [0.29, 0.717) is 16.9 Å². The molecular formula is C22H20N2O7. The van der Waals surface area contributed by atoms with E-state index in [2.05, 4.69) is 10.1 Å². The first kappa shape index (κ1) is 21.7. The number of esters is 2. The van der Waals surface area contributed by atoms with Crippen molar-refractivity contribution in [3.63, 3.8) is 0 Å². The van der Waals surface area contributed by atoms with Crippen molar-refractivity contribution < 1.29 is 33.4 Å². The first-order chi connectivity index (χ1) is 14.8. The van der Waals surface area contributed by atoms with Crippen molar-refractivity contribution in [2.75, 3.05) is 23.9 Å². The molecule has 1 N–H and O–H groups in total. The summed E-state index contributed by atoms with van der Waals surface area (Å²) in [6, 6.07) is 10.5. The number of rotatable bonds is 6. The molecule has 0 saturated carbocycles. The number of anilines is 2. The lowest BCUT2D eigenvalue weighted by Crippen LogP contribution is -2.28. The van der Waals surface area contributed by atoms with Crippen molar-refractivity contribution in [1.82, 2.24) is 0 Å². The summed E-state index contributed by atoms with van der Waals surface area (Å²) < 4.78 is 9.67. The molecule has 3 amide bonds. The summed E-state index contributed by atoms with van der Waals surface area (Å²) in [5, 5.41) is 2.59. The van der Waals surface area contributed by atoms with E-state index in [1.54, 1.807) is 19.1 Å². The second-order valence-electron chi connectivity index (χ2n) is 6.82. The number of benzene rings is 2. The van der Waals surface area contributed by atoms with Gasteiger partial charge < -0.3 is 14.8 Å². The van der Waals surface area contributed by atoms with Crippen LogP contribution in [-0.4, -0.2) is 43.4 Å². The first-order valence-corrected chi connectivity index (χ1v) is 9.42. The third-order valence-electron chi connectivity index (χ3n) is 4.68. The maximum atomic E-state index is 12.2. The smallest absolute Gasteiger partial charge is 0.338 e. The normalized spacial score (nSPS) is 13.2. The molecule has 1 saturated heterocycles. The number of carbonyl (C=O) groups excluding carboxylic acids is 5. The minimum atomic E-state index is -0.735. The SMILES string of the molecule is COC(=O)c1ccc(C)c(NC(=O)COC(=O)c2ccc(N3C(=O)CCC3=O)cc2)c1. The Morgan fingerprint density at radius 1 is 0.935 bits per heavy atom. The molecule has 9 nitrogen and oxygen atoms in total. The van der Waals surface area contributed by atoms with Gasteiger partial charge in [0.2, 0.25) is 11.8 Å². The van der Waals surface area contributed by atoms with Gasteiger partial charge >= 0.3 is 11.9 Å². The van der Waals surface area contributed by atoms with Crippen LogP contribution in [-0.2, 0) is 23.9 Å². The predicted octanol–water partition coefficient (Wildman–Crippen LogP) is 2.23. The Labute approximate surface area is 177 Å². The van der Waals surface area contributed by atoms with Gasteiger partial charge in [0.05, 0.1) is 23.9 Å². The number of imide groups is 1. The molecule has 0 atom stereocenters. The number of methoxy groups -OCH3 is 1. The zero-order valence-corrected chi connectivity index (χ0v) is 17.0. The van der Waals surface area contributed by atoms with Gasteiger partial charge in [-0.2, -0.15) is 0 Å². The van der Waals surface area contributed by atoms with Crippen LogP contribution in [0.1, 0.15) is 39.1 Å². The van der Waals surface area contributed by atoms with Crippen LogP contribution in [0.3, 0.4) is 0 Å². The lowest BCUT2D eigenvalue weighted by molar-refractivity contribution is -0.121. The quantitative estimate of drug-likeness (QED) is 0.558. The summed E-state index contributed by atoms with van der Waals surface area (Å²) in [7, 11) is 1.26. The molecule has 0 spiro atoms. The lowest BCUT2D eigenvalue weighted by atomic mass is 10.1. The molecule has 1 heterocycles. The van der Waals surface area contributed by atoms with Crippen molar-refractivity contribution >= 4 is 41.0 Å². The van der Waals surface area contributed by atoms with Crippen molar-refractivity contribution in [3.05, 3.63) is 59.2 Å². The van der Waals surface area contributed by atoms with Gasteiger partial charge in [0.1, 0.15) is 0 Å². The fraction of sp³-hybridized carbons (Fsp3) is 0.227. The first-order valence-electron chi connectivity index (χ1n) is 9.42. The van der Waals surface area contributed by atoms with Crippen LogP contribution in [0.4, 0.5) is 11.4 Å². The molecule has 160 valence electrons. The Morgan fingerprint density at radius 2 is 1.55 bits per heavy atom. The molecule has 0 aliphatic carbocycles. The Hall–Kier alpha value is -4.01. The molecule has 1 fully saturated rings. The lowest BCUT2D eigenvalue weighted by Gasteiger charge is -2.14. The van der Waals surface area contributed by atoms with Crippen LogP contribution in [0.5, 0.6) is 0 Å². The Bertz CT molecular complexity index is 1040. The maximum Gasteiger partial charge on any atom is 0.338 e. The Kier molecular flexibility index (Phi) is 6.44. The van der Waals surface area contributed by atoms with Crippen LogP contribution < -0.4 is 10.2 Å². The van der Waals surface area contributed by atoms with Crippen molar-refractivity contribution in [1.29, 1.82) is 0 Å². The van der Waals surface area contributed by atoms with Crippen molar-refractivity contribution in [3.8, 4) is 0 Å². The van der Waals surface area contributed by atoms with Gasteiger partial charge in [-0.05, 0) is 48.9 Å². The summed E-state index contributed by atoms with van der Waals surface area (Å²) in [6.07, 6.45) is 0.333. The molecule has 0 bridgehead atoms. The summed E-state index contributed by atoms with van der Waals surface area (Å²) >= 11 is 0. The second-order valence-corrected chi connectivity index (χ2v) is 6.82. The van der Waals surface area contributed by atoms with E-state index in [1.165, 1.54) is 37.4 Å². The minimum absolute atomic E-state index is 0.166. The number of hydrogen-bond acceptors (Lipinski definition) is 7. The number of carbonyl (C=O) groups is 5. The highest BCUT2D eigenvalue weighted by Gasteiger charge is 2.30. The van der Waals surface area contributed by atoms with Gasteiger partial charge in [0, 0.05) is 18.5 Å². The topological polar surface area (TPSA) is 119 Å². The standard InChI is InChI=1S/C22H20N2O7/c1-13-3-4-15(21(28)30-2)11-17(13)23-18(25)12-31-22(29)14-5-7-16(8-6-14)24-19(26)9-10-20(24)27/h3-8,11H,9-10,12H2,1-2H3,(H,23,25). The maximum absolute atomic E-state index is 12.2. The zero-order valence-electron chi connectivity index (χ0n) is 17.0. The molecule has 2 aromatic carbocycles. The monoisotopic (exact) mass is 424 g/mol. The highest BCUT2D eigenvalue weighted by molar-refractivity contribution is 6.19. The molecule has 1 aliphatic heterocycles. The van der Waals surface area contributed by atoms with Crippen molar-refractivity contribution in [2.24, 2.45) is 0 Å². The van der Waals surface area contributed by atoms with E-state index >= 15 is 0 Å². The minimum Gasteiger partial charge on any atom is -0.465 e. The number of nitrogens with one attached hydrogen (secondary N) is 1. The van der Waals surface area contributed by atoms with Crippen LogP contribution >= 0.6 is 0 Å². The van der Waals surface area contributed by atoms with E-state index < -0.39 is 24.5 Å². The van der Waals surface area contributed by atoms with E-state index in [1.807, 2.05) is 0 Å². The molecule has 0 aromatic heterocycles. The molecule has 2 aromatic rings. The third kappa shape index (κ3) is 4.95. The summed E-state index contributed by atoms with van der Waals surface area (Å²) in [4.78, 5) is 60.6. The third-order valence-corrected chi connectivity index (χ3v) is 4.68. The van der Waals surface area contributed by atoms with Gasteiger partial charge in [0.25, 0.3) is 5.91 Å². The van der Waals surface area contributed by atoms with E-state index in [4.69, 9.17) is 4.74 Å².